The molecule has 2 N–H and O–H groups in total. The van der Waals surface area contributed by atoms with Gasteiger partial charge in [-0.3, -0.25) is 9.67 Å². The number of aliphatic imine (C=N–C) groups is 1. The van der Waals surface area contributed by atoms with E-state index in [9.17, 15) is 13.2 Å². The number of nitrogens with one attached hydrogen (secondary N) is 2. The van der Waals surface area contributed by atoms with Crippen molar-refractivity contribution in [3.8, 4) is 0 Å². The molecule has 1 aliphatic heterocycles. The molecule has 0 bridgehead atoms. The van der Waals surface area contributed by atoms with E-state index < -0.39 is 11.7 Å². The molecule has 3 rings (SSSR count). The Bertz CT molecular complexity index is 849. The Morgan fingerprint density at radius 2 is 1.87 bits per heavy atom. The van der Waals surface area contributed by atoms with Gasteiger partial charge in [0.25, 0.3) is 0 Å². The fraction of sp³-hybridized carbons (Fsp3) is 0.474. The summed E-state index contributed by atoms with van der Waals surface area (Å²) in [5, 5.41) is 10.1. The van der Waals surface area contributed by atoms with Crippen LogP contribution in [-0.2, 0) is 31.1 Å². The van der Waals surface area contributed by atoms with Crippen molar-refractivity contribution in [2.45, 2.75) is 19.3 Å². The van der Waals surface area contributed by atoms with Crippen LogP contribution < -0.4 is 15.5 Å². The number of guanidine groups is 1. The average molecular weight is 538 g/mol. The van der Waals surface area contributed by atoms with E-state index >= 15 is 0 Å². The molecule has 0 amide bonds. The number of aromatic nitrogens is 2. The van der Waals surface area contributed by atoms with E-state index in [0.717, 1.165) is 5.69 Å². The highest BCUT2D eigenvalue weighted by Crippen LogP contribution is 2.35. The lowest BCUT2D eigenvalue weighted by atomic mass is 10.0. The molecule has 0 saturated carbocycles. The largest absolute Gasteiger partial charge is 0.416 e. The molecule has 0 aliphatic carbocycles. The predicted octanol–water partition coefficient (Wildman–Crippen LogP) is 2.76. The maximum absolute atomic E-state index is 13.7. The number of alkyl halides is 3. The SMILES string of the molecule is CN=C(NCc1ccc(N2CCOCC2)cc1C(F)(F)F)NCc1ccnn1C.I. The first kappa shape index (κ1) is 24.3. The number of rotatable bonds is 5. The van der Waals surface area contributed by atoms with Crippen LogP contribution in [0.4, 0.5) is 18.9 Å². The van der Waals surface area contributed by atoms with Gasteiger partial charge in [0.15, 0.2) is 5.96 Å². The molecule has 1 aliphatic rings. The third-order valence-corrected chi connectivity index (χ3v) is 4.80. The Balaban J connectivity index is 0.00000320. The van der Waals surface area contributed by atoms with Crippen LogP contribution in [-0.4, -0.2) is 49.1 Å². The average Bonchev–Trinajstić information content (AvgIpc) is 3.13. The number of hydrogen-bond acceptors (Lipinski definition) is 4. The molecule has 2 aromatic rings. The van der Waals surface area contributed by atoms with Gasteiger partial charge in [0.05, 0.1) is 31.0 Å². The summed E-state index contributed by atoms with van der Waals surface area (Å²) in [5.74, 6) is 0.414. The summed E-state index contributed by atoms with van der Waals surface area (Å²) in [6.45, 7) is 2.66. The lowest BCUT2D eigenvalue weighted by Crippen LogP contribution is -2.37. The van der Waals surface area contributed by atoms with E-state index in [-0.39, 0.29) is 36.1 Å². The quantitative estimate of drug-likeness (QED) is 0.349. The minimum absolute atomic E-state index is 0. The highest BCUT2D eigenvalue weighted by molar-refractivity contribution is 14.0. The maximum Gasteiger partial charge on any atom is 0.416 e. The van der Waals surface area contributed by atoms with Crippen LogP contribution in [0.2, 0.25) is 0 Å². The standard InChI is InChI=1S/C19H25F3N6O.HI/c1-23-18(25-13-16-5-6-26-27(16)2)24-12-14-3-4-15(11-17(14)19(20,21)22)28-7-9-29-10-8-28;/h3-6,11H,7-10,12-13H2,1-2H3,(H2,23,24,25);1H. The Kier molecular flexibility index (Phi) is 8.77. The van der Waals surface area contributed by atoms with Crippen LogP contribution in [0.3, 0.4) is 0 Å². The van der Waals surface area contributed by atoms with Gasteiger partial charge in [0.2, 0.25) is 0 Å². The summed E-state index contributed by atoms with van der Waals surface area (Å²) < 4.78 is 48.0. The minimum Gasteiger partial charge on any atom is -0.378 e. The summed E-state index contributed by atoms with van der Waals surface area (Å²) in [6, 6.07) is 6.32. The van der Waals surface area contributed by atoms with Gasteiger partial charge in [0.1, 0.15) is 0 Å². The first-order valence-corrected chi connectivity index (χ1v) is 9.32. The molecular formula is C19H26F3IN6O. The molecule has 0 unspecified atom stereocenters. The van der Waals surface area contributed by atoms with Crippen LogP contribution in [0, 0.1) is 0 Å². The molecule has 166 valence electrons. The van der Waals surface area contributed by atoms with Gasteiger partial charge in [0, 0.05) is 45.6 Å². The van der Waals surface area contributed by atoms with Gasteiger partial charge < -0.3 is 20.3 Å². The molecule has 1 aromatic carbocycles. The summed E-state index contributed by atoms with van der Waals surface area (Å²) in [4.78, 5) is 5.98. The molecule has 0 atom stereocenters. The Labute approximate surface area is 190 Å². The van der Waals surface area contributed by atoms with E-state index in [1.54, 1.807) is 24.0 Å². The van der Waals surface area contributed by atoms with Crippen molar-refractivity contribution in [1.82, 2.24) is 20.4 Å². The van der Waals surface area contributed by atoms with Crippen LogP contribution in [0.1, 0.15) is 16.8 Å². The molecule has 0 spiro atoms. The van der Waals surface area contributed by atoms with Crippen LogP contribution in [0.25, 0.3) is 0 Å². The molecule has 2 heterocycles. The highest BCUT2D eigenvalue weighted by atomic mass is 127. The number of benzene rings is 1. The minimum atomic E-state index is -4.44. The fourth-order valence-electron chi connectivity index (χ4n) is 3.15. The number of nitrogens with zero attached hydrogens (tertiary/aromatic N) is 4. The lowest BCUT2D eigenvalue weighted by molar-refractivity contribution is -0.138. The summed E-state index contributed by atoms with van der Waals surface area (Å²) in [7, 11) is 3.39. The van der Waals surface area contributed by atoms with E-state index in [0.29, 0.717) is 44.5 Å². The molecule has 1 aromatic heterocycles. The summed E-state index contributed by atoms with van der Waals surface area (Å²) in [6.07, 6.45) is -2.76. The molecule has 0 radical (unpaired) electrons. The van der Waals surface area contributed by atoms with Crippen molar-refractivity contribution in [3.63, 3.8) is 0 Å². The first-order chi connectivity index (χ1) is 13.9. The van der Waals surface area contributed by atoms with Gasteiger partial charge >= 0.3 is 6.18 Å². The van der Waals surface area contributed by atoms with Gasteiger partial charge in [-0.05, 0) is 23.8 Å². The van der Waals surface area contributed by atoms with Crippen molar-refractivity contribution in [1.29, 1.82) is 0 Å². The zero-order chi connectivity index (χ0) is 20.9. The van der Waals surface area contributed by atoms with E-state index in [4.69, 9.17) is 4.74 Å². The van der Waals surface area contributed by atoms with E-state index in [2.05, 4.69) is 20.7 Å². The maximum atomic E-state index is 13.7. The molecule has 7 nitrogen and oxygen atoms in total. The normalized spacial score (nSPS) is 15.0. The second-order valence-corrected chi connectivity index (χ2v) is 6.66. The predicted molar refractivity (Wildman–Crippen MR) is 120 cm³/mol. The number of ether oxygens (including phenoxy) is 1. The molecule has 1 fully saturated rings. The van der Waals surface area contributed by atoms with Crippen molar-refractivity contribution in [2.75, 3.05) is 38.3 Å². The van der Waals surface area contributed by atoms with Gasteiger partial charge in [-0.1, -0.05) is 6.07 Å². The molecule has 1 saturated heterocycles. The van der Waals surface area contributed by atoms with Gasteiger partial charge in [-0.15, -0.1) is 24.0 Å². The van der Waals surface area contributed by atoms with Crippen molar-refractivity contribution < 1.29 is 17.9 Å². The van der Waals surface area contributed by atoms with Gasteiger partial charge in [-0.25, -0.2) is 0 Å². The monoisotopic (exact) mass is 538 g/mol. The summed E-state index contributed by atoms with van der Waals surface area (Å²) in [5.41, 5.74) is 1.01. The molecule has 11 heteroatoms. The van der Waals surface area contributed by atoms with E-state index in [1.807, 2.05) is 18.0 Å². The third kappa shape index (κ3) is 6.24. The molecular weight excluding hydrogens is 512 g/mol. The second-order valence-electron chi connectivity index (χ2n) is 6.66. The van der Waals surface area contributed by atoms with Crippen LogP contribution >= 0.6 is 24.0 Å². The number of halogens is 4. The Hall–Kier alpha value is -2.02. The Morgan fingerprint density at radius 1 is 1.17 bits per heavy atom. The molecule has 30 heavy (non-hydrogen) atoms. The fourth-order valence-corrected chi connectivity index (χ4v) is 3.15. The number of hydrogen-bond donors (Lipinski definition) is 2. The van der Waals surface area contributed by atoms with Crippen molar-refractivity contribution >= 4 is 35.6 Å². The third-order valence-electron chi connectivity index (χ3n) is 4.80. The van der Waals surface area contributed by atoms with Crippen molar-refractivity contribution in [3.05, 3.63) is 47.3 Å². The number of anilines is 1. The zero-order valence-corrected chi connectivity index (χ0v) is 19.2. The van der Waals surface area contributed by atoms with Crippen molar-refractivity contribution in [2.24, 2.45) is 12.0 Å². The Morgan fingerprint density at radius 3 is 2.47 bits per heavy atom. The highest BCUT2D eigenvalue weighted by Gasteiger charge is 2.34. The van der Waals surface area contributed by atoms with Gasteiger partial charge in [-0.2, -0.15) is 18.3 Å². The number of morpholine rings is 1. The number of aryl methyl sites for hydroxylation is 1. The second kappa shape index (κ2) is 10.8. The smallest absolute Gasteiger partial charge is 0.378 e. The van der Waals surface area contributed by atoms with Crippen LogP contribution in [0.5, 0.6) is 0 Å². The first-order valence-electron chi connectivity index (χ1n) is 9.32. The lowest BCUT2D eigenvalue weighted by Gasteiger charge is -2.29. The summed E-state index contributed by atoms with van der Waals surface area (Å²) >= 11 is 0. The van der Waals surface area contributed by atoms with E-state index in [1.165, 1.54) is 12.1 Å². The zero-order valence-electron chi connectivity index (χ0n) is 16.9. The van der Waals surface area contributed by atoms with Crippen LogP contribution in [0.15, 0.2) is 35.5 Å². The topological polar surface area (TPSA) is 66.7 Å².